The van der Waals surface area contributed by atoms with Crippen molar-refractivity contribution in [1.29, 1.82) is 0 Å². The predicted molar refractivity (Wildman–Crippen MR) is 64.7 cm³/mol. The second-order valence-corrected chi connectivity index (χ2v) is 4.05. The molecular formula is C12H11N3O2. The molecule has 1 aromatic carbocycles. The van der Waals surface area contributed by atoms with Crippen molar-refractivity contribution in [3.63, 3.8) is 0 Å². The number of ketones is 1. The van der Waals surface area contributed by atoms with Gasteiger partial charge < -0.3 is 15.4 Å². The highest BCUT2D eigenvalue weighted by atomic mass is 16.4. The van der Waals surface area contributed by atoms with Crippen LogP contribution in [0.4, 0.5) is 11.4 Å². The average Bonchev–Trinajstić information content (AvgIpc) is 2.56. The lowest BCUT2D eigenvalue weighted by molar-refractivity contribution is 0.106. The summed E-state index contributed by atoms with van der Waals surface area (Å²) in [6.45, 7) is 4.50. The Labute approximate surface area is 98.0 Å². The zero-order valence-electron chi connectivity index (χ0n) is 9.10. The van der Waals surface area contributed by atoms with Gasteiger partial charge >= 0.3 is 0 Å². The molecule has 17 heavy (non-hydrogen) atoms. The Morgan fingerprint density at radius 1 is 1.47 bits per heavy atom. The molecule has 3 rings (SSSR count). The third kappa shape index (κ3) is 1.25. The van der Waals surface area contributed by atoms with Crippen LogP contribution in [0.25, 0.3) is 0 Å². The number of benzene rings is 1. The minimum absolute atomic E-state index is 0.195. The van der Waals surface area contributed by atoms with Crippen LogP contribution in [0.3, 0.4) is 0 Å². The van der Waals surface area contributed by atoms with E-state index in [1.165, 1.54) is 0 Å². The lowest BCUT2D eigenvalue weighted by Crippen LogP contribution is -2.22. The van der Waals surface area contributed by atoms with Gasteiger partial charge in [0.1, 0.15) is 11.5 Å². The summed E-state index contributed by atoms with van der Waals surface area (Å²) in [5.41, 5.74) is 2.46. The van der Waals surface area contributed by atoms with Gasteiger partial charge in [-0.15, -0.1) is 0 Å². The maximum atomic E-state index is 12.1. The van der Waals surface area contributed by atoms with Crippen molar-refractivity contribution in [2.24, 2.45) is 5.16 Å². The molecule has 0 bridgehead atoms. The molecule has 5 heteroatoms. The van der Waals surface area contributed by atoms with Gasteiger partial charge in [0.25, 0.3) is 0 Å². The van der Waals surface area contributed by atoms with Crippen LogP contribution < -0.4 is 10.2 Å². The van der Waals surface area contributed by atoms with Crippen LogP contribution in [0.1, 0.15) is 16.8 Å². The van der Waals surface area contributed by atoms with Crippen molar-refractivity contribution in [3.05, 3.63) is 36.2 Å². The Hall–Kier alpha value is -2.30. The minimum atomic E-state index is -0.219. The van der Waals surface area contributed by atoms with E-state index in [9.17, 15) is 4.79 Å². The molecule has 2 heterocycles. The summed E-state index contributed by atoms with van der Waals surface area (Å²) in [6.07, 6.45) is 0.407. The molecule has 0 radical (unpaired) electrons. The van der Waals surface area contributed by atoms with Crippen LogP contribution in [-0.4, -0.2) is 23.2 Å². The molecule has 2 N–H and O–H groups in total. The van der Waals surface area contributed by atoms with Crippen molar-refractivity contribution < 1.29 is 10.0 Å². The van der Waals surface area contributed by atoms with E-state index < -0.39 is 0 Å². The number of anilines is 2. The van der Waals surface area contributed by atoms with Crippen LogP contribution in [0.15, 0.2) is 35.8 Å². The van der Waals surface area contributed by atoms with E-state index >= 15 is 0 Å². The first-order valence-electron chi connectivity index (χ1n) is 5.34. The number of Topliss-reactive ketones (excluding diaryl/α,β-unsaturated/α-hetero) is 1. The standard InChI is InChI=1S/C12H11N3O2/c1-7-13-9-4-2-3-8-11(9)15(7)6-5-10(14-17)12(8)16/h2-4,13,17H,1,5-6H2/b14-10-. The average molecular weight is 229 g/mol. The topological polar surface area (TPSA) is 64.9 Å². The molecule has 86 valence electrons. The highest BCUT2D eigenvalue weighted by Crippen LogP contribution is 2.40. The summed E-state index contributed by atoms with van der Waals surface area (Å²) < 4.78 is 0. The number of para-hydroxylation sites is 1. The molecule has 2 aliphatic rings. The first-order chi connectivity index (χ1) is 8.22. The lowest BCUT2D eigenvalue weighted by atomic mass is 10.0. The van der Waals surface area contributed by atoms with Gasteiger partial charge in [0, 0.05) is 18.5 Å². The molecule has 0 spiro atoms. The lowest BCUT2D eigenvalue weighted by Gasteiger charge is -2.17. The molecule has 0 saturated carbocycles. The molecule has 2 aliphatic heterocycles. The Kier molecular flexibility index (Phi) is 1.95. The van der Waals surface area contributed by atoms with Crippen LogP contribution in [0.2, 0.25) is 0 Å². The number of hydrogen-bond acceptors (Lipinski definition) is 5. The van der Waals surface area contributed by atoms with Crippen LogP contribution in [0, 0.1) is 0 Å². The number of oxime groups is 1. The first kappa shape index (κ1) is 9.89. The number of nitrogens with zero attached hydrogens (tertiary/aromatic N) is 2. The van der Waals surface area contributed by atoms with Crippen molar-refractivity contribution in [3.8, 4) is 0 Å². The number of carbonyl (C=O) groups is 1. The van der Waals surface area contributed by atoms with Gasteiger partial charge in [0.15, 0.2) is 0 Å². The molecule has 0 saturated heterocycles. The molecule has 5 nitrogen and oxygen atoms in total. The van der Waals surface area contributed by atoms with Gasteiger partial charge in [0.05, 0.1) is 11.4 Å². The highest BCUT2D eigenvalue weighted by Gasteiger charge is 2.32. The van der Waals surface area contributed by atoms with Crippen LogP contribution in [-0.2, 0) is 0 Å². The smallest absolute Gasteiger partial charge is 0.212 e. The summed E-state index contributed by atoms with van der Waals surface area (Å²) in [5, 5.41) is 15.1. The fraction of sp³-hybridized carbons (Fsp3) is 0.167. The summed E-state index contributed by atoms with van der Waals surface area (Å²) >= 11 is 0. The minimum Gasteiger partial charge on any atom is -0.411 e. The van der Waals surface area contributed by atoms with Crippen LogP contribution >= 0.6 is 0 Å². The van der Waals surface area contributed by atoms with Gasteiger partial charge in [-0.1, -0.05) is 17.8 Å². The quantitative estimate of drug-likeness (QED) is 0.526. The normalized spacial score (nSPS) is 20.2. The van der Waals surface area contributed by atoms with E-state index in [0.29, 0.717) is 18.5 Å². The van der Waals surface area contributed by atoms with Crippen molar-refractivity contribution in [2.45, 2.75) is 6.42 Å². The van der Waals surface area contributed by atoms with E-state index in [2.05, 4.69) is 17.1 Å². The number of hydrogen-bond donors (Lipinski definition) is 2. The molecular weight excluding hydrogens is 218 g/mol. The Morgan fingerprint density at radius 3 is 3.06 bits per heavy atom. The highest BCUT2D eigenvalue weighted by molar-refractivity contribution is 6.47. The Balaban J connectivity index is 2.25. The van der Waals surface area contributed by atoms with Gasteiger partial charge in [0.2, 0.25) is 5.78 Å². The summed E-state index contributed by atoms with van der Waals surface area (Å²) in [4.78, 5) is 14.1. The molecule has 0 aliphatic carbocycles. The number of carbonyl (C=O) groups excluding carboxylic acids is 1. The first-order valence-corrected chi connectivity index (χ1v) is 5.34. The fourth-order valence-electron chi connectivity index (χ4n) is 2.31. The van der Waals surface area contributed by atoms with Crippen molar-refractivity contribution in [1.82, 2.24) is 0 Å². The van der Waals surface area contributed by atoms with Crippen LogP contribution in [0.5, 0.6) is 0 Å². The molecule has 0 atom stereocenters. The van der Waals surface area contributed by atoms with E-state index in [4.69, 9.17) is 5.21 Å². The largest absolute Gasteiger partial charge is 0.411 e. The predicted octanol–water partition coefficient (Wildman–Crippen LogP) is 1.81. The molecule has 0 fully saturated rings. The van der Waals surface area contributed by atoms with E-state index in [1.54, 1.807) is 12.1 Å². The molecule has 0 amide bonds. The van der Waals surface area contributed by atoms with E-state index in [0.717, 1.165) is 17.2 Å². The molecule has 1 aromatic rings. The zero-order chi connectivity index (χ0) is 12.0. The Morgan fingerprint density at radius 2 is 2.29 bits per heavy atom. The molecule has 0 unspecified atom stereocenters. The Bertz CT molecular complexity index is 563. The van der Waals surface area contributed by atoms with Gasteiger partial charge in [-0.25, -0.2) is 0 Å². The van der Waals surface area contributed by atoms with Gasteiger partial charge in [-0.2, -0.15) is 0 Å². The summed E-state index contributed by atoms with van der Waals surface area (Å²) in [7, 11) is 0. The van der Waals surface area contributed by atoms with Crippen molar-refractivity contribution >= 4 is 22.9 Å². The third-order valence-electron chi connectivity index (χ3n) is 3.11. The second kappa shape index (κ2) is 3.35. The fourth-order valence-corrected chi connectivity index (χ4v) is 2.31. The maximum Gasteiger partial charge on any atom is 0.212 e. The summed E-state index contributed by atoms with van der Waals surface area (Å²) in [5.74, 6) is 0.530. The third-order valence-corrected chi connectivity index (χ3v) is 3.11. The molecule has 0 aromatic heterocycles. The summed E-state index contributed by atoms with van der Waals surface area (Å²) in [6, 6.07) is 5.44. The van der Waals surface area contributed by atoms with Crippen molar-refractivity contribution in [2.75, 3.05) is 16.8 Å². The van der Waals surface area contributed by atoms with E-state index in [-0.39, 0.29) is 11.5 Å². The SMILES string of the molecule is C=C1Nc2cccc3c2N1CC/C(=N/O)C3=O. The number of nitrogens with one attached hydrogen (secondary N) is 1. The second-order valence-electron chi connectivity index (χ2n) is 4.05. The van der Waals surface area contributed by atoms with Gasteiger partial charge in [-0.3, -0.25) is 4.79 Å². The zero-order valence-corrected chi connectivity index (χ0v) is 9.10. The maximum absolute atomic E-state index is 12.1. The number of rotatable bonds is 0. The van der Waals surface area contributed by atoms with E-state index in [1.807, 2.05) is 11.0 Å². The monoisotopic (exact) mass is 229 g/mol. The van der Waals surface area contributed by atoms with Gasteiger partial charge in [-0.05, 0) is 12.1 Å².